The lowest BCUT2D eigenvalue weighted by Gasteiger charge is -2.22. The SMILES string of the molecule is CNc1ccc(C(C)(C)C(=O)OC)c([N+](=O)[O-])c1. The van der Waals surface area contributed by atoms with E-state index in [0.717, 1.165) is 0 Å². The molecule has 1 rings (SSSR count). The molecule has 98 valence electrons. The Labute approximate surface area is 105 Å². The van der Waals surface area contributed by atoms with Gasteiger partial charge < -0.3 is 10.1 Å². The molecule has 0 bridgehead atoms. The zero-order valence-corrected chi connectivity index (χ0v) is 10.8. The van der Waals surface area contributed by atoms with Crippen LogP contribution in [0.15, 0.2) is 18.2 Å². The summed E-state index contributed by atoms with van der Waals surface area (Å²) in [5, 5.41) is 13.9. The summed E-state index contributed by atoms with van der Waals surface area (Å²) in [5.74, 6) is -0.511. The van der Waals surface area contributed by atoms with E-state index >= 15 is 0 Å². The molecule has 0 unspecified atom stereocenters. The smallest absolute Gasteiger partial charge is 0.315 e. The first kappa shape index (κ1) is 14.0. The van der Waals surface area contributed by atoms with Crippen molar-refractivity contribution in [2.45, 2.75) is 19.3 Å². The Kier molecular flexibility index (Phi) is 3.90. The number of methoxy groups -OCH3 is 1. The number of benzene rings is 1. The fourth-order valence-corrected chi connectivity index (χ4v) is 1.73. The molecule has 0 amide bonds. The molecule has 0 saturated heterocycles. The predicted molar refractivity (Wildman–Crippen MR) is 67.7 cm³/mol. The van der Waals surface area contributed by atoms with Crippen LogP contribution >= 0.6 is 0 Å². The Morgan fingerprint density at radius 1 is 1.44 bits per heavy atom. The first-order valence-corrected chi connectivity index (χ1v) is 5.39. The third-order valence-electron chi connectivity index (χ3n) is 2.85. The number of esters is 1. The Morgan fingerprint density at radius 2 is 2.06 bits per heavy atom. The number of nitro groups is 1. The normalized spacial score (nSPS) is 10.9. The average Bonchev–Trinajstić information content (AvgIpc) is 2.36. The number of nitro benzene ring substituents is 1. The van der Waals surface area contributed by atoms with Gasteiger partial charge in [0.2, 0.25) is 0 Å². The van der Waals surface area contributed by atoms with Crippen LogP contribution in [0.3, 0.4) is 0 Å². The molecule has 0 aromatic heterocycles. The number of hydrogen-bond donors (Lipinski definition) is 1. The number of anilines is 1. The summed E-state index contributed by atoms with van der Waals surface area (Å²) in [6, 6.07) is 4.66. The second kappa shape index (κ2) is 5.03. The molecule has 0 aliphatic heterocycles. The minimum absolute atomic E-state index is 0.0998. The monoisotopic (exact) mass is 252 g/mol. The van der Waals surface area contributed by atoms with E-state index in [2.05, 4.69) is 10.1 Å². The molecule has 6 heteroatoms. The molecule has 6 nitrogen and oxygen atoms in total. The highest BCUT2D eigenvalue weighted by Crippen LogP contribution is 2.34. The highest BCUT2D eigenvalue weighted by Gasteiger charge is 2.36. The molecule has 18 heavy (non-hydrogen) atoms. The Morgan fingerprint density at radius 3 is 2.50 bits per heavy atom. The van der Waals surface area contributed by atoms with Gasteiger partial charge in [0.15, 0.2) is 0 Å². The van der Waals surface area contributed by atoms with Crippen molar-refractivity contribution in [1.29, 1.82) is 0 Å². The van der Waals surface area contributed by atoms with Gasteiger partial charge in [-0.15, -0.1) is 0 Å². The lowest BCUT2D eigenvalue weighted by Crippen LogP contribution is -2.31. The van der Waals surface area contributed by atoms with E-state index in [9.17, 15) is 14.9 Å². The molecule has 0 spiro atoms. The quantitative estimate of drug-likeness (QED) is 0.504. The van der Waals surface area contributed by atoms with Gasteiger partial charge in [-0.2, -0.15) is 0 Å². The number of ether oxygens (including phenoxy) is 1. The number of hydrogen-bond acceptors (Lipinski definition) is 5. The molecule has 0 atom stereocenters. The van der Waals surface area contributed by atoms with Crippen LogP contribution in [0.5, 0.6) is 0 Å². The minimum Gasteiger partial charge on any atom is -0.468 e. The van der Waals surface area contributed by atoms with E-state index in [1.807, 2.05) is 0 Å². The van der Waals surface area contributed by atoms with Crippen molar-refractivity contribution in [3.63, 3.8) is 0 Å². The zero-order valence-electron chi connectivity index (χ0n) is 10.8. The van der Waals surface area contributed by atoms with Gasteiger partial charge >= 0.3 is 5.97 Å². The zero-order chi connectivity index (χ0) is 13.9. The van der Waals surface area contributed by atoms with Crippen molar-refractivity contribution in [2.75, 3.05) is 19.5 Å². The van der Waals surface area contributed by atoms with E-state index in [1.54, 1.807) is 33.0 Å². The second-order valence-corrected chi connectivity index (χ2v) is 4.36. The highest BCUT2D eigenvalue weighted by atomic mass is 16.6. The van der Waals surface area contributed by atoms with Crippen LogP contribution < -0.4 is 5.32 Å². The van der Waals surface area contributed by atoms with Crippen LogP contribution in [-0.4, -0.2) is 25.1 Å². The summed E-state index contributed by atoms with van der Waals surface area (Å²) in [6.45, 7) is 3.19. The summed E-state index contributed by atoms with van der Waals surface area (Å²) in [7, 11) is 2.93. The summed E-state index contributed by atoms with van der Waals surface area (Å²) in [5.41, 5.74) is -0.217. The molecule has 0 aliphatic rings. The van der Waals surface area contributed by atoms with Crippen molar-refractivity contribution in [3.05, 3.63) is 33.9 Å². The van der Waals surface area contributed by atoms with E-state index in [-0.39, 0.29) is 5.69 Å². The topological polar surface area (TPSA) is 81.5 Å². The van der Waals surface area contributed by atoms with Crippen molar-refractivity contribution < 1.29 is 14.5 Å². The predicted octanol–water partition coefficient (Wildman–Crippen LogP) is 2.09. The van der Waals surface area contributed by atoms with Gasteiger partial charge in [0.25, 0.3) is 5.69 Å². The summed E-state index contributed by atoms with van der Waals surface area (Å²) < 4.78 is 4.68. The Bertz CT molecular complexity index is 483. The largest absolute Gasteiger partial charge is 0.468 e. The van der Waals surface area contributed by atoms with Crippen molar-refractivity contribution in [1.82, 2.24) is 0 Å². The molecule has 0 saturated carbocycles. The molecule has 0 fully saturated rings. The number of rotatable bonds is 4. The fraction of sp³-hybridized carbons (Fsp3) is 0.417. The molecule has 1 aromatic carbocycles. The molecule has 0 heterocycles. The lowest BCUT2D eigenvalue weighted by atomic mass is 9.83. The summed E-state index contributed by atoms with van der Waals surface area (Å²) >= 11 is 0. The van der Waals surface area contributed by atoms with Gasteiger partial charge in [-0.25, -0.2) is 0 Å². The van der Waals surface area contributed by atoms with Crippen LogP contribution in [-0.2, 0) is 14.9 Å². The first-order chi connectivity index (χ1) is 8.34. The van der Waals surface area contributed by atoms with Crippen molar-refractivity contribution in [3.8, 4) is 0 Å². The van der Waals surface area contributed by atoms with Gasteiger partial charge in [-0.05, 0) is 26.0 Å². The van der Waals surface area contributed by atoms with E-state index in [4.69, 9.17) is 0 Å². The van der Waals surface area contributed by atoms with Gasteiger partial charge in [-0.1, -0.05) is 0 Å². The number of nitrogens with zero attached hydrogens (tertiary/aromatic N) is 1. The lowest BCUT2D eigenvalue weighted by molar-refractivity contribution is -0.385. The van der Waals surface area contributed by atoms with E-state index in [0.29, 0.717) is 11.3 Å². The van der Waals surface area contributed by atoms with Crippen molar-refractivity contribution in [2.24, 2.45) is 0 Å². The van der Waals surface area contributed by atoms with Crippen LogP contribution in [0, 0.1) is 10.1 Å². The maximum atomic E-state index is 11.7. The Hall–Kier alpha value is -2.11. The molecular weight excluding hydrogens is 236 g/mol. The first-order valence-electron chi connectivity index (χ1n) is 5.39. The Balaban J connectivity index is 3.40. The van der Waals surface area contributed by atoms with Crippen LogP contribution in [0.1, 0.15) is 19.4 Å². The maximum Gasteiger partial charge on any atom is 0.315 e. The fourth-order valence-electron chi connectivity index (χ4n) is 1.73. The summed E-state index contributed by atoms with van der Waals surface area (Å²) in [4.78, 5) is 22.3. The third kappa shape index (κ3) is 2.42. The molecule has 0 radical (unpaired) electrons. The molecule has 0 aliphatic carbocycles. The molecule has 1 N–H and O–H groups in total. The van der Waals surface area contributed by atoms with Gasteiger partial charge in [0.1, 0.15) is 0 Å². The van der Waals surface area contributed by atoms with Crippen LogP contribution in [0.2, 0.25) is 0 Å². The van der Waals surface area contributed by atoms with Crippen LogP contribution in [0.4, 0.5) is 11.4 Å². The molecular formula is C12H16N2O4. The van der Waals surface area contributed by atoms with Gasteiger partial charge in [-0.3, -0.25) is 14.9 Å². The van der Waals surface area contributed by atoms with Crippen LogP contribution in [0.25, 0.3) is 0 Å². The minimum atomic E-state index is -1.07. The van der Waals surface area contributed by atoms with Crippen molar-refractivity contribution >= 4 is 17.3 Å². The maximum absolute atomic E-state index is 11.7. The number of carbonyl (C=O) groups excluding carboxylic acids is 1. The standard InChI is InChI=1S/C12H16N2O4/c1-12(2,11(15)18-4)9-6-5-8(13-3)7-10(9)14(16)17/h5-7,13H,1-4H3. The number of nitrogens with one attached hydrogen (secondary N) is 1. The van der Waals surface area contributed by atoms with E-state index in [1.165, 1.54) is 13.2 Å². The second-order valence-electron chi connectivity index (χ2n) is 4.36. The summed E-state index contributed by atoms with van der Waals surface area (Å²) in [6.07, 6.45) is 0. The van der Waals surface area contributed by atoms with Gasteiger partial charge in [0.05, 0.1) is 17.4 Å². The van der Waals surface area contributed by atoms with Gasteiger partial charge in [0, 0.05) is 24.4 Å². The molecule has 1 aromatic rings. The third-order valence-corrected chi connectivity index (χ3v) is 2.85. The number of carbonyl (C=O) groups is 1. The average molecular weight is 252 g/mol. The highest BCUT2D eigenvalue weighted by molar-refractivity contribution is 5.84. The van der Waals surface area contributed by atoms with E-state index < -0.39 is 16.3 Å².